The van der Waals surface area contributed by atoms with Crippen LogP contribution in [-0.2, 0) is 20.2 Å². The number of nitrogens with zero attached hydrogens (tertiary/aromatic N) is 2. The van der Waals surface area contributed by atoms with Crippen LogP contribution in [0.15, 0.2) is 129 Å². The van der Waals surface area contributed by atoms with Crippen LogP contribution in [0.3, 0.4) is 0 Å². The van der Waals surface area contributed by atoms with E-state index in [-0.39, 0.29) is 21.7 Å². The van der Waals surface area contributed by atoms with Gasteiger partial charge in [0.25, 0.3) is 0 Å². The Labute approximate surface area is 243 Å². The molecule has 4 rings (SSSR count). The molecule has 16 heteroatoms. The number of hydrogen-bond acceptors (Lipinski definition) is 8. The average molecular weight is 615 g/mol. The summed E-state index contributed by atoms with van der Waals surface area (Å²) < 4.78 is 64.5. The molecule has 4 aromatic carbocycles. The SMILES string of the molecule is NC(N)=[NH2+].NC(N)=[NH2+].O=S(=O)([O-])c1ccc(N=Nc2ccc(S(=O)(=O)[O-])cc2)cc1.c1ccc(-c2ccccc2)cc1. The Morgan fingerprint density at radius 1 is 0.500 bits per heavy atom. The molecular weight excluding hydrogens is 584 g/mol. The molecule has 4 aromatic rings. The highest BCUT2D eigenvalue weighted by Crippen LogP contribution is 2.21. The second kappa shape index (κ2) is 16.8. The highest BCUT2D eigenvalue weighted by molar-refractivity contribution is 7.86. The molecule has 0 saturated heterocycles. The number of nitrogens with two attached hydrogens (primary N) is 6. The molecule has 42 heavy (non-hydrogen) atoms. The fraction of sp³-hybridized carbons (Fsp3) is 0. The smallest absolute Gasteiger partial charge is 0.336 e. The molecule has 0 bridgehead atoms. The normalized spacial score (nSPS) is 10.5. The van der Waals surface area contributed by atoms with Crippen molar-refractivity contribution in [3.63, 3.8) is 0 Å². The molecule has 12 N–H and O–H groups in total. The molecule has 0 fully saturated rings. The van der Waals surface area contributed by atoms with Crippen LogP contribution in [0, 0.1) is 0 Å². The zero-order valence-corrected chi connectivity index (χ0v) is 23.6. The lowest BCUT2D eigenvalue weighted by molar-refractivity contribution is -0.117. The lowest BCUT2D eigenvalue weighted by Gasteiger charge is -2.06. The van der Waals surface area contributed by atoms with E-state index in [1.807, 2.05) is 12.1 Å². The van der Waals surface area contributed by atoms with Gasteiger partial charge in [0.1, 0.15) is 20.2 Å². The van der Waals surface area contributed by atoms with Gasteiger partial charge in [0.2, 0.25) is 0 Å². The topological polar surface area (TPSA) is 294 Å². The van der Waals surface area contributed by atoms with Crippen molar-refractivity contribution in [2.75, 3.05) is 0 Å². The molecule has 0 amide bonds. The highest BCUT2D eigenvalue weighted by atomic mass is 32.2. The van der Waals surface area contributed by atoms with Gasteiger partial charge in [-0.3, -0.25) is 33.8 Å². The summed E-state index contributed by atoms with van der Waals surface area (Å²) in [5.74, 6) is -0.167. The number of rotatable bonds is 5. The Kier molecular flexibility index (Phi) is 14.0. The van der Waals surface area contributed by atoms with Gasteiger partial charge in [0.05, 0.1) is 21.2 Å². The molecule has 0 heterocycles. The third-order valence-corrected chi connectivity index (χ3v) is 6.11. The Bertz CT molecular complexity index is 1530. The standard InChI is InChI=1S/C12H10N2O6S2.C12H10.2CH5N3/c15-21(16,17)11-5-1-9(2-6-11)13-14-10-3-7-12(8-4-10)22(18,19)20;1-3-7-11(8-4-1)12-9-5-2-6-10-12;2*2-1(3)4/h1-8H,(H,15,16,17)(H,18,19,20);1-10H;2*(H5,2,3,4). The van der Waals surface area contributed by atoms with Crippen LogP contribution in [-0.4, -0.2) is 37.9 Å². The molecule has 0 aromatic heterocycles. The summed E-state index contributed by atoms with van der Waals surface area (Å²) in [6, 6.07) is 30.4. The van der Waals surface area contributed by atoms with Crippen molar-refractivity contribution >= 4 is 43.5 Å². The van der Waals surface area contributed by atoms with E-state index in [4.69, 9.17) is 0 Å². The lowest BCUT2D eigenvalue weighted by Crippen LogP contribution is -2.51. The number of benzene rings is 4. The van der Waals surface area contributed by atoms with Crippen LogP contribution < -0.4 is 33.8 Å². The van der Waals surface area contributed by atoms with Crippen LogP contribution in [0.25, 0.3) is 11.1 Å². The van der Waals surface area contributed by atoms with Crippen LogP contribution in [0.2, 0.25) is 0 Å². The van der Waals surface area contributed by atoms with E-state index in [9.17, 15) is 25.9 Å². The van der Waals surface area contributed by atoms with Gasteiger partial charge in [0.15, 0.2) is 0 Å². The van der Waals surface area contributed by atoms with E-state index in [2.05, 4.69) is 92.5 Å². The summed E-state index contributed by atoms with van der Waals surface area (Å²) in [5.41, 5.74) is 21.5. The molecular formula is C26H30N8O6S2. The molecule has 0 aliphatic carbocycles. The molecule has 0 saturated carbocycles. The van der Waals surface area contributed by atoms with Crippen molar-refractivity contribution in [2.45, 2.75) is 9.79 Å². The number of azo groups is 1. The van der Waals surface area contributed by atoms with E-state index in [0.717, 1.165) is 24.3 Å². The molecule has 222 valence electrons. The van der Waals surface area contributed by atoms with Crippen LogP contribution in [0.4, 0.5) is 11.4 Å². The van der Waals surface area contributed by atoms with Gasteiger partial charge in [-0.25, -0.2) is 16.8 Å². The molecule has 14 nitrogen and oxygen atoms in total. The van der Waals surface area contributed by atoms with Crippen LogP contribution >= 0.6 is 0 Å². The molecule has 0 unspecified atom stereocenters. The van der Waals surface area contributed by atoms with Crippen LogP contribution in [0.1, 0.15) is 0 Å². The van der Waals surface area contributed by atoms with E-state index in [0.29, 0.717) is 11.4 Å². The van der Waals surface area contributed by atoms with E-state index < -0.39 is 20.2 Å². The van der Waals surface area contributed by atoms with E-state index in [1.165, 1.54) is 35.4 Å². The fourth-order valence-electron chi connectivity index (χ4n) is 2.74. The summed E-state index contributed by atoms with van der Waals surface area (Å²) in [4.78, 5) is -0.757. The maximum absolute atomic E-state index is 10.8. The quantitative estimate of drug-likeness (QED) is 0.0710. The van der Waals surface area contributed by atoms with Gasteiger partial charge >= 0.3 is 11.9 Å². The third-order valence-electron chi connectivity index (χ3n) is 4.41. The van der Waals surface area contributed by atoms with E-state index in [1.54, 1.807) is 0 Å². The van der Waals surface area contributed by atoms with Crippen molar-refractivity contribution in [2.24, 2.45) is 33.2 Å². The zero-order chi connectivity index (χ0) is 31.8. The number of hydrogen-bond donors (Lipinski definition) is 6. The third kappa shape index (κ3) is 14.8. The Balaban J connectivity index is 0.000000366. The maximum Gasteiger partial charge on any atom is 0.336 e. The summed E-state index contributed by atoms with van der Waals surface area (Å²) in [7, 11) is -9.03. The number of guanidine groups is 2. The van der Waals surface area contributed by atoms with Gasteiger partial charge in [-0.15, -0.1) is 0 Å². The first kappa shape index (κ1) is 34.9. The summed E-state index contributed by atoms with van der Waals surface area (Å²) in [5, 5.41) is 16.8. The van der Waals surface area contributed by atoms with Crippen molar-refractivity contribution < 1.29 is 36.8 Å². The predicted octanol–water partition coefficient (Wildman–Crippen LogP) is -0.698. The monoisotopic (exact) mass is 614 g/mol. The highest BCUT2D eigenvalue weighted by Gasteiger charge is 2.02. The Morgan fingerprint density at radius 2 is 0.738 bits per heavy atom. The van der Waals surface area contributed by atoms with Gasteiger partial charge in [-0.05, 0) is 59.7 Å². The van der Waals surface area contributed by atoms with Gasteiger partial charge < -0.3 is 9.11 Å². The second-order valence-electron chi connectivity index (χ2n) is 7.83. The largest absolute Gasteiger partial charge is 0.744 e. The van der Waals surface area contributed by atoms with Gasteiger partial charge in [-0.1, -0.05) is 60.7 Å². The maximum atomic E-state index is 10.8. The van der Waals surface area contributed by atoms with Crippen molar-refractivity contribution in [1.29, 1.82) is 0 Å². The first-order chi connectivity index (χ1) is 19.6. The van der Waals surface area contributed by atoms with Gasteiger partial charge in [0, 0.05) is 0 Å². The summed E-state index contributed by atoms with van der Waals surface area (Å²) in [6.45, 7) is 0. The summed E-state index contributed by atoms with van der Waals surface area (Å²) >= 11 is 0. The zero-order valence-electron chi connectivity index (χ0n) is 22.0. The lowest BCUT2D eigenvalue weighted by atomic mass is 10.1. The molecule has 0 aliphatic rings. The molecule has 0 spiro atoms. The van der Waals surface area contributed by atoms with Crippen LogP contribution in [0.5, 0.6) is 0 Å². The van der Waals surface area contributed by atoms with Crippen molar-refractivity contribution in [1.82, 2.24) is 0 Å². The molecule has 0 atom stereocenters. The average Bonchev–Trinajstić information content (AvgIpc) is 2.92. The predicted molar refractivity (Wildman–Crippen MR) is 155 cm³/mol. The summed E-state index contributed by atoms with van der Waals surface area (Å²) in [6.07, 6.45) is 0. The Hall–Kier alpha value is -5.16. The Morgan fingerprint density at radius 3 is 0.952 bits per heavy atom. The molecule has 0 radical (unpaired) electrons. The van der Waals surface area contributed by atoms with E-state index >= 15 is 0 Å². The van der Waals surface area contributed by atoms with Crippen molar-refractivity contribution in [3.8, 4) is 11.1 Å². The minimum absolute atomic E-state index is 0.0833. The van der Waals surface area contributed by atoms with Gasteiger partial charge in [-0.2, -0.15) is 10.2 Å². The second-order valence-corrected chi connectivity index (χ2v) is 10.6. The first-order valence-corrected chi connectivity index (χ1v) is 14.3. The first-order valence-electron chi connectivity index (χ1n) is 11.5. The van der Waals surface area contributed by atoms with Crippen molar-refractivity contribution in [3.05, 3.63) is 109 Å². The minimum Gasteiger partial charge on any atom is -0.744 e. The minimum atomic E-state index is -4.51. The fourth-order valence-corrected chi connectivity index (χ4v) is 3.67. The molecule has 0 aliphatic heterocycles.